The number of carbonyl (C=O) groups excluding carboxylic acids is 2. The lowest BCUT2D eigenvalue weighted by Gasteiger charge is -2.36. The lowest BCUT2D eigenvalue weighted by Crippen LogP contribution is -2.43. The molecule has 0 N–H and O–H groups in total. The fraction of sp³-hybridized carbons (Fsp3) is 0.125. The van der Waals surface area contributed by atoms with Gasteiger partial charge >= 0.3 is 6.03 Å². The quantitative estimate of drug-likeness (QED) is 0.204. The van der Waals surface area contributed by atoms with Crippen molar-refractivity contribution in [3.63, 3.8) is 0 Å². The highest BCUT2D eigenvalue weighted by Gasteiger charge is 2.46. The number of alkyl halides is 3. The number of benzene rings is 3. The van der Waals surface area contributed by atoms with Crippen LogP contribution in [0.5, 0.6) is 0 Å². The van der Waals surface area contributed by atoms with E-state index < -0.39 is 33.5 Å². The molecule has 0 aromatic heterocycles. The van der Waals surface area contributed by atoms with Crippen molar-refractivity contribution in [1.82, 2.24) is 4.90 Å². The van der Waals surface area contributed by atoms with Gasteiger partial charge in [0.05, 0.1) is 25.8 Å². The van der Waals surface area contributed by atoms with Crippen LogP contribution in [0.3, 0.4) is 0 Å². The molecule has 1 heterocycles. The van der Waals surface area contributed by atoms with Gasteiger partial charge in [-0.15, -0.1) is 0 Å². The van der Waals surface area contributed by atoms with E-state index in [9.17, 15) is 14.0 Å². The maximum absolute atomic E-state index is 14.7. The molecular formula is C24H14Cl7FN4O2. The van der Waals surface area contributed by atoms with Crippen LogP contribution in [0.25, 0.3) is 0 Å². The SMILES string of the molecule is CN1C(=O)C(=NC(N(c2ccc(Cl)c(Cl)c2)c2ccc(Cl)c(Cl)c2)C(Cl)(Cl)Cl)N(c2ccccc2F)C1=O. The summed E-state index contributed by atoms with van der Waals surface area (Å²) in [6.07, 6.45) is -1.52. The molecule has 3 aromatic rings. The zero-order valence-corrected chi connectivity index (χ0v) is 24.3. The topological polar surface area (TPSA) is 56.2 Å². The fourth-order valence-electron chi connectivity index (χ4n) is 3.63. The number of imide groups is 1. The molecule has 38 heavy (non-hydrogen) atoms. The first-order valence-electron chi connectivity index (χ1n) is 10.5. The molecule has 14 heteroatoms. The summed E-state index contributed by atoms with van der Waals surface area (Å²) in [5, 5.41) is 0.852. The maximum Gasteiger partial charge on any atom is 0.337 e. The van der Waals surface area contributed by atoms with Crippen LogP contribution in [0.1, 0.15) is 0 Å². The summed E-state index contributed by atoms with van der Waals surface area (Å²) in [5.74, 6) is -2.10. The van der Waals surface area contributed by atoms with E-state index in [1.165, 1.54) is 54.4 Å². The number of rotatable bonds is 5. The summed E-state index contributed by atoms with van der Waals surface area (Å²) in [7, 11) is 1.22. The Morgan fingerprint density at radius 1 is 0.842 bits per heavy atom. The smallest absolute Gasteiger partial charge is 0.315 e. The summed E-state index contributed by atoms with van der Waals surface area (Å²) in [5.41, 5.74) is 0.453. The Morgan fingerprint density at radius 3 is 1.84 bits per heavy atom. The van der Waals surface area contributed by atoms with Gasteiger partial charge in [-0.25, -0.2) is 19.1 Å². The van der Waals surface area contributed by atoms with Crippen molar-refractivity contribution in [3.05, 3.63) is 86.6 Å². The van der Waals surface area contributed by atoms with Gasteiger partial charge in [-0.3, -0.25) is 9.69 Å². The van der Waals surface area contributed by atoms with Gasteiger partial charge in [0, 0.05) is 18.4 Å². The van der Waals surface area contributed by atoms with Gasteiger partial charge in [-0.2, -0.15) is 0 Å². The van der Waals surface area contributed by atoms with Crippen LogP contribution in [0.2, 0.25) is 20.1 Å². The average Bonchev–Trinajstić information content (AvgIpc) is 3.06. The summed E-state index contributed by atoms with van der Waals surface area (Å²) in [4.78, 5) is 33.6. The number of hydrogen-bond donors (Lipinski definition) is 0. The number of aliphatic imine (C=N–C) groups is 1. The normalized spacial score (nSPS) is 16.0. The standard InChI is InChI=1S/C24H14Cl7FN4O2/c1-34-21(37)20(36(23(34)38)19-5-3-2-4-18(19)32)33-22(24(29,30)31)35(12-6-8-14(25)16(27)10-12)13-7-9-15(26)17(28)11-13/h2-11,22H,1H3. The van der Waals surface area contributed by atoms with E-state index >= 15 is 0 Å². The molecule has 0 bridgehead atoms. The summed E-state index contributed by atoms with van der Waals surface area (Å²) in [6, 6.07) is 13.7. The molecule has 6 nitrogen and oxygen atoms in total. The number of nitrogens with zero attached hydrogens (tertiary/aromatic N) is 4. The highest BCUT2D eigenvalue weighted by molar-refractivity contribution is 6.68. The van der Waals surface area contributed by atoms with Crippen LogP contribution in [0.4, 0.5) is 26.2 Å². The molecule has 1 unspecified atom stereocenters. The van der Waals surface area contributed by atoms with Gasteiger partial charge in [0.1, 0.15) is 5.82 Å². The Hall–Kier alpha value is -1.97. The summed E-state index contributed by atoms with van der Waals surface area (Å²) in [6.45, 7) is 0. The van der Waals surface area contributed by atoms with Gasteiger partial charge in [0.2, 0.25) is 9.63 Å². The molecule has 1 saturated heterocycles. The zero-order valence-electron chi connectivity index (χ0n) is 19.0. The van der Waals surface area contributed by atoms with Crippen LogP contribution >= 0.6 is 81.2 Å². The Balaban J connectivity index is 1.98. The number of anilines is 3. The minimum atomic E-state index is -2.23. The van der Waals surface area contributed by atoms with Crippen LogP contribution < -0.4 is 9.80 Å². The van der Waals surface area contributed by atoms with Gasteiger partial charge in [0.25, 0.3) is 5.91 Å². The summed E-state index contributed by atoms with van der Waals surface area (Å²) >= 11 is 44.0. The first-order chi connectivity index (χ1) is 17.8. The number of urea groups is 1. The molecule has 0 aliphatic carbocycles. The van der Waals surface area contributed by atoms with Crippen LogP contribution in [-0.4, -0.2) is 39.7 Å². The fourth-order valence-corrected chi connectivity index (χ4v) is 4.65. The van der Waals surface area contributed by atoms with Crippen LogP contribution in [0, 0.1) is 5.82 Å². The van der Waals surface area contributed by atoms with Crippen LogP contribution in [0.15, 0.2) is 65.7 Å². The first-order valence-corrected chi connectivity index (χ1v) is 13.2. The number of halogens is 8. The lowest BCUT2D eigenvalue weighted by atomic mass is 10.2. The predicted octanol–water partition coefficient (Wildman–Crippen LogP) is 8.77. The maximum atomic E-state index is 14.7. The highest BCUT2D eigenvalue weighted by Crippen LogP contribution is 2.43. The summed E-state index contributed by atoms with van der Waals surface area (Å²) < 4.78 is 12.5. The number of para-hydroxylation sites is 1. The number of amides is 3. The van der Waals surface area contributed by atoms with E-state index in [0.717, 1.165) is 15.9 Å². The molecule has 1 aliphatic heterocycles. The van der Waals surface area contributed by atoms with Crippen molar-refractivity contribution in [1.29, 1.82) is 0 Å². The van der Waals surface area contributed by atoms with Gasteiger partial charge < -0.3 is 4.90 Å². The first kappa shape index (κ1) is 29.0. The molecule has 0 saturated carbocycles. The number of likely N-dealkylation sites (N-methyl/N-ethyl adjacent to an activating group) is 1. The third kappa shape index (κ3) is 5.65. The highest BCUT2D eigenvalue weighted by atomic mass is 35.6. The van der Waals surface area contributed by atoms with Crippen molar-refractivity contribution in [2.45, 2.75) is 9.96 Å². The minimum Gasteiger partial charge on any atom is -0.315 e. The van der Waals surface area contributed by atoms with E-state index in [1.54, 1.807) is 12.1 Å². The van der Waals surface area contributed by atoms with Crippen molar-refractivity contribution >= 4 is 116 Å². The molecule has 1 aliphatic rings. The van der Waals surface area contributed by atoms with Crippen molar-refractivity contribution in [2.75, 3.05) is 16.8 Å². The van der Waals surface area contributed by atoms with E-state index in [0.29, 0.717) is 11.4 Å². The molecule has 0 radical (unpaired) electrons. The average molecular weight is 658 g/mol. The third-order valence-corrected chi connectivity index (χ3v) is 7.49. The van der Waals surface area contributed by atoms with Gasteiger partial charge in [-0.1, -0.05) is 93.3 Å². The van der Waals surface area contributed by atoms with E-state index in [4.69, 9.17) is 81.2 Å². The zero-order chi connectivity index (χ0) is 27.9. The Bertz CT molecular complexity index is 1410. The minimum absolute atomic E-state index is 0.171. The molecule has 198 valence electrons. The van der Waals surface area contributed by atoms with E-state index in [-0.39, 0.29) is 25.8 Å². The molecule has 4 rings (SSSR count). The molecule has 3 aromatic carbocycles. The molecule has 3 amide bonds. The van der Waals surface area contributed by atoms with Crippen LogP contribution in [-0.2, 0) is 4.79 Å². The second kappa shape index (κ2) is 11.3. The number of amidine groups is 1. The molecule has 1 fully saturated rings. The van der Waals surface area contributed by atoms with Crippen molar-refractivity contribution < 1.29 is 14.0 Å². The Labute approximate surface area is 252 Å². The second-order valence-electron chi connectivity index (χ2n) is 7.87. The Morgan fingerprint density at radius 2 is 1.37 bits per heavy atom. The van der Waals surface area contributed by atoms with Crippen molar-refractivity contribution in [3.8, 4) is 0 Å². The van der Waals surface area contributed by atoms with E-state index in [2.05, 4.69) is 4.99 Å². The molecule has 0 spiro atoms. The lowest BCUT2D eigenvalue weighted by molar-refractivity contribution is -0.119. The number of hydrogen-bond acceptors (Lipinski definition) is 4. The van der Waals surface area contributed by atoms with Gasteiger partial charge in [-0.05, 0) is 48.5 Å². The van der Waals surface area contributed by atoms with Crippen molar-refractivity contribution in [2.24, 2.45) is 4.99 Å². The monoisotopic (exact) mass is 654 g/mol. The predicted molar refractivity (Wildman–Crippen MR) is 154 cm³/mol. The Kier molecular flexibility index (Phi) is 8.60. The molecule has 1 atom stereocenters. The largest absolute Gasteiger partial charge is 0.337 e. The van der Waals surface area contributed by atoms with Gasteiger partial charge in [0.15, 0.2) is 6.17 Å². The number of carbonyl (C=O) groups is 2. The molecular weight excluding hydrogens is 643 g/mol. The van der Waals surface area contributed by atoms with E-state index in [1.807, 2.05) is 0 Å². The third-order valence-electron chi connectivity index (χ3n) is 5.42. The second-order valence-corrected chi connectivity index (χ2v) is 11.9.